The number of para-hydroxylation sites is 3. The van der Waals surface area contributed by atoms with Gasteiger partial charge in [-0.25, -0.2) is 0 Å². The Bertz CT molecular complexity index is 2890. The number of benzene rings is 9. The van der Waals surface area contributed by atoms with Gasteiger partial charge in [0.25, 0.3) is 0 Å². The van der Waals surface area contributed by atoms with E-state index in [0.29, 0.717) is 0 Å². The summed E-state index contributed by atoms with van der Waals surface area (Å²) in [6.07, 6.45) is 0. The van der Waals surface area contributed by atoms with E-state index < -0.39 is 0 Å². The Morgan fingerprint density at radius 1 is 0.286 bits per heavy atom. The lowest BCUT2D eigenvalue weighted by atomic mass is 9.95. The highest BCUT2D eigenvalue weighted by molar-refractivity contribution is 6.09. The highest BCUT2D eigenvalue weighted by Gasteiger charge is 2.22. The molecule has 1 heterocycles. The first kappa shape index (κ1) is 33.2. The largest absolute Gasteiger partial charge is 0.309 e. The standard InChI is InChI=1S/C54H38N2/c1-4-17-39(18-5-1)44-33-36-48(42-21-8-3-9-22-42)54(38-44)55(51-28-13-10-25-47(51)41-19-6-2-7-20-41)45-34-31-40(32-35-45)43-23-16-24-46(37-43)56-52-29-14-11-26-49(52)50-27-12-15-30-53(50)56/h1-38H. The molecule has 9 aromatic carbocycles. The number of anilines is 3. The van der Waals surface area contributed by atoms with E-state index >= 15 is 0 Å². The van der Waals surface area contributed by atoms with Crippen LogP contribution in [0.2, 0.25) is 0 Å². The summed E-state index contributed by atoms with van der Waals surface area (Å²) in [6, 6.07) is 83.1. The van der Waals surface area contributed by atoms with E-state index in [2.05, 4.69) is 240 Å². The number of hydrogen-bond donors (Lipinski definition) is 0. The quantitative estimate of drug-likeness (QED) is 0.152. The van der Waals surface area contributed by atoms with Crippen molar-refractivity contribution in [3.8, 4) is 50.2 Å². The van der Waals surface area contributed by atoms with Crippen LogP contribution in [-0.4, -0.2) is 4.57 Å². The van der Waals surface area contributed by atoms with Crippen LogP contribution in [0.5, 0.6) is 0 Å². The Labute approximate surface area is 327 Å². The zero-order valence-electron chi connectivity index (χ0n) is 30.8. The molecule has 0 unspecified atom stereocenters. The second-order valence-corrected chi connectivity index (χ2v) is 14.1. The molecule has 56 heavy (non-hydrogen) atoms. The van der Waals surface area contributed by atoms with Crippen molar-refractivity contribution in [3.05, 3.63) is 231 Å². The van der Waals surface area contributed by atoms with Crippen LogP contribution in [0, 0.1) is 0 Å². The van der Waals surface area contributed by atoms with Gasteiger partial charge in [0.1, 0.15) is 0 Å². The van der Waals surface area contributed by atoms with Gasteiger partial charge < -0.3 is 9.47 Å². The third-order valence-electron chi connectivity index (χ3n) is 10.8. The van der Waals surface area contributed by atoms with Gasteiger partial charge in [-0.2, -0.15) is 0 Å². The molecule has 0 N–H and O–H groups in total. The average molecular weight is 715 g/mol. The normalized spacial score (nSPS) is 11.2. The fourth-order valence-corrected chi connectivity index (χ4v) is 8.16. The molecule has 0 saturated carbocycles. The lowest BCUT2D eigenvalue weighted by molar-refractivity contribution is 1.18. The third kappa shape index (κ3) is 6.04. The molecule has 264 valence electrons. The lowest BCUT2D eigenvalue weighted by Crippen LogP contribution is -2.12. The van der Waals surface area contributed by atoms with Crippen LogP contribution in [0.25, 0.3) is 72.0 Å². The average Bonchev–Trinajstić information content (AvgIpc) is 3.62. The van der Waals surface area contributed by atoms with E-state index in [1.165, 1.54) is 55.2 Å². The zero-order valence-corrected chi connectivity index (χ0v) is 30.8. The highest BCUT2D eigenvalue weighted by atomic mass is 15.1. The molecule has 0 radical (unpaired) electrons. The molecular formula is C54H38N2. The van der Waals surface area contributed by atoms with Crippen LogP contribution in [-0.2, 0) is 0 Å². The summed E-state index contributed by atoms with van der Waals surface area (Å²) in [7, 11) is 0. The first-order valence-corrected chi connectivity index (χ1v) is 19.2. The lowest BCUT2D eigenvalue weighted by Gasteiger charge is -2.30. The maximum absolute atomic E-state index is 2.44. The summed E-state index contributed by atoms with van der Waals surface area (Å²) in [5.41, 5.74) is 16.2. The Kier molecular flexibility index (Phi) is 8.55. The predicted octanol–water partition coefficient (Wildman–Crippen LogP) is 14.9. The maximum atomic E-state index is 2.44. The van der Waals surface area contributed by atoms with Gasteiger partial charge in [0.15, 0.2) is 0 Å². The number of fused-ring (bicyclic) bond motifs is 3. The van der Waals surface area contributed by atoms with E-state index in [-0.39, 0.29) is 0 Å². The molecular weight excluding hydrogens is 677 g/mol. The van der Waals surface area contributed by atoms with Crippen LogP contribution in [0.4, 0.5) is 17.1 Å². The predicted molar refractivity (Wildman–Crippen MR) is 237 cm³/mol. The summed E-state index contributed by atoms with van der Waals surface area (Å²) in [6.45, 7) is 0. The summed E-state index contributed by atoms with van der Waals surface area (Å²) in [4.78, 5) is 2.44. The fraction of sp³-hybridized carbons (Fsp3) is 0. The van der Waals surface area contributed by atoms with Crippen LogP contribution < -0.4 is 4.90 Å². The molecule has 2 nitrogen and oxygen atoms in total. The number of rotatable bonds is 8. The Balaban J connectivity index is 1.14. The molecule has 0 aliphatic rings. The minimum atomic E-state index is 1.08. The summed E-state index contributed by atoms with van der Waals surface area (Å²) in [5.74, 6) is 0. The van der Waals surface area contributed by atoms with Gasteiger partial charge in [-0.3, -0.25) is 0 Å². The van der Waals surface area contributed by atoms with Crippen molar-refractivity contribution in [2.24, 2.45) is 0 Å². The smallest absolute Gasteiger partial charge is 0.0546 e. The van der Waals surface area contributed by atoms with E-state index in [1.807, 2.05) is 0 Å². The first-order chi connectivity index (χ1) is 27.8. The van der Waals surface area contributed by atoms with Crippen LogP contribution in [0.1, 0.15) is 0 Å². The van der Waals surface area contributed by atoms with E-state index in [4.69, 9.17) is 0 Å². The van der Waals surface area contributed by atoms with E-state index in [1.54, 1.807) is 0 Å². The van der Waals surface area contributed by atoms with Gasteiger partial charge >= 0.3 is 0 Å². The minimum absolute atomic E-state index is 1.08. The van der Waals surface area contributed by atoms with Gasteiger partial charge in [0, 0.05) is 33.3 Å². The molecule has 0 atom stereocenters. The summed E-state index contributed by atoms with van der Waals surface area (Å²) < 4.78 is 2.38. The van der Waals surface area contributed by atoms with Crippen molar-refractivity contribution in [1.29, 1.82) is 0 Å². The van der Waals surface area contributed by atoms with Crippen molar-refractivity contribution in [1.82, 2.24) is 4.57 Å². The molecule has 2 heteroatoms. The van der Waals surface area contributed by atoms with Gasteiger partial charge in [0.05, 0.1) is 22.4 Å². The van der Waals surface area contributed by atoms with Crippen LogP contribution in [0.3, 0.4) is 0 Å². The number of hydrogen-bond acceptors (Lipinski definition) is 1. The van der Waals surface area contributed by atoms with Gasteiger partial charge in [0.2, 0.25) is 0 Å². The third-order valence-corrected chi connectivity index (χ3v) is 10.8. The van der Waals surface area contributed by atoms with Crippen molar-refractivity contribution >= 4 is 38.9 Å². The molecule has 0 amide bonds. The topological polar surface area (TPSA) is 8.17 Å². The Morgan fingerprint density at radius 2 is 0.750 bits per heavy atom. The number of aromatic nitrogens is 1. The number of nitrogens with zero attached hydrogens (tertiary/aromatic N) is 2. The molecule has 10 rings (SSSR count). The molecule has 0 bridgehead atoms. The van der Waals surface area contributed by atoms with E-state index in [9.17, 15) is 0 Å². The van der Waals surface area contributed by atoms with Crippen molar-refractivity contribution in [3.63, 3.8) is 0 Å². The van der Waals surface area contributed by atoms with E-state index in [0.717, 1.165) is 33.9 Å². The van der Waals surface area contributed by atoms with Crippen LogP contribution >= 0.6 is 0 Å². The SMILES string of the molecule is c1ccc(-c2ccc(-c3ccccc3)c(N(c3ccc(-c4cccc(-n5c6ccccc6c6ccccc65)c4)cc3)c3ccccc3-c3ccccc3)c2)cc1. The van der Waals surface area contributed by atoms with Crippen LogP contribution in [0.15, 0.2) is 231 Å². The minimum Gasteiger partial charge on any atom is -0.309 e. The monoisotopic (exact) mass is 714 g/mol. The molecule has 0 saturated heterocycles. The van der Waals surface area contributed by atoms with Gasteiger partial charge in [-0.15, -0.1) is 0 Å². The van der Waals surface area contributed by atoms with Crippen molar-refractivity contribution < 1.29 is 0 Å². The molecule has 0 aliphatic carbocycles. The Hall–Kier alpha value is -7.42. The molecule has 10 aromatic rings. The summed E-state index contributed by atoms with van der Waals surface area (Å²) in [5, 5.41) is 2.53. The zero-order chi connectivity index (χ0) is 37.3. The first-order valence-electron chi connectivity index (χ1n) is 19.2. The summed E-state index contributed by atoms with van der Waals surface area (Å²) >= 11 is 0. The van der Waals surface area contributed by atoms with Crippen molar-refractivity contribution in [2.75, 3.05) is 4.90 Å². The maximum Gasteiger partial charge on any atom is 0.0546 e. The highest BCUT2D eigenvalue weighted by Crippen LogP contribution is 2.46. The van der Waals surface area contributed by atoms with Gasteiger partial charge in [-0.05, 0) is 81.9 Å². The molecule has 0 spiro atoms. The molecule has 0 fully saturated rings. The second-order valence-electron chi connectivity index (χ2n) is 14.1. The van der Waals surface area contributed by atoms with Gasteiger partial charge in [-0.1, -0.05) is 182 Å². The Morgan fingerprint density at radius 3 is 1.39 bits per heavy atom. The molecule has 0 aliphatic heterocycles. The second kappa shape index (κ2) is 14.4. The fourth-order valence-electron chi connectivity index (χ4n) is 8.16. The van der Waals surface area contributed by atoms with Crippen molar-refractivity contribution in [2.45, 2.75) is 0 Å². The molecule has 1 aromatic heterocycles.